The average Bonchev–Trinajstić information content (AvgIpc) is 2.68. The van der Waals surface area contributed by atoms with E-state index in [-0.39, 0.29) is 12.6 Å². The van der Waals surface area contributed by atoms with E-state index < -0.39 is 0 Å². The minimum atomic E-state index is 0.0927. The lowest BCUT2D eigenvalue weighted by molar-refractivity contribution is 0.311. The van der Waals surface area contributed by atoms with Gasteiger partial charge < -0.3 is 22.0 Å². The fourth-order valence-corrected chi connectivity index (χ4v) is 1.44. The second kappa shape index (κ2) is 4.71. The molecule has 0 aliphatic rings. The number of aromatic nitrogens is 3. The van der Waals surface area contributed by atoms with Gasteiger partial charge in [0, 0.05) is 17.8 Å². The van der Waals surface area contributed by atoms with E-state index in [4.69, 9.17) is 16.7 Å². The first kappa shape index (κ1) is 11.2. The van der Waals surface area contributed by atoms with Gasteiger partial charge in [-0.2, -0.15) is 0 Å². The summed E-state index contributed by atoms with van der Waals surface area (Å²) in [5.41, 5.74) is 7.24. The zero-order valence-electron chi connectivity index (χ0n) is 9.17. The van der Waals surface area contributed by atoms with Crippen molar-refractivity contribution >= 4 is 11.6 Å². The molecule has 6 N–H and O–H groups in total. The van der Waals surface area contributed by atoms with Gasteiger partial charge >= 0.3 is 0 Å². The Morgan fingerprint density at radius 2 is 1.94 bits per heavy atom. The number of anilines is 2. The third-order valence-corrected chi connectivity index (χ3v) is 2.31. The summed E-state index contributed by atoms with van der Waals surface area (Å²) in [6.45, 7) is 0.606. The number of nitrogens with one attached hydrogen (secondary N) is 1. The van der Waals surface area contributed by atoms with Crippen molar-refractivity contribution in [3.8, 4) is 11.4 Å². The Morgan fingerprint density at radius 3 is 2.47 bits per heavy atom. The summed E-state index contributed by atoms with van der Waals surface area (Å²) >= 11 is 0. The van der Waals surface area contributed by atoms with Crippen LogP contribution in [-0.2, 0) is 0 Å². The van der Waals surface area contributed by atoms with E-state index in [9.17, 15) is 0 Å². The molecule has 0 saturated heterocycles. The quantitative estimate of drug-likeness (QED) is 0.537. The maximum atomic E-state index is 8.68. The fourth-order valence-electron chi connectivity index (χ4n) is 1.44. The van der Waals surface area contributed by atoms with Crippen LogP contribution in [0.1, 0.15) is 0 Å². The second-order valence-electron chi connectivity index (χ2n) is 3.48. The van der Waals surface area contributed by atoms with E-state index in [1.165, 1.54) is 4.68 Å². The minimum absolute atomic E-state index is 0.0927. The van der Waals surface area contributed by atoms with Gasteiger partial charge in [0.25, 0.3) is 0 Å². The molecule has 90 valence electrons. The maximum Gasteiger partial charge on any atom is 0.241 e. The highest BCUT2D eigenvalue weighted by Gasteiger charge is 2.08. The molecule has 1 aromatic heterocycles. The van der Waals surface area contributed by atoms with Crippen LogP contribution in [0.5, 0.6) is 0 Å². The van der Waals surface area contributed by atoms with Crippen LogP contribution in [0.3, 0.4) is 0 Å². The Bertz CT molecular complexity index is 492. The van der Waals surface area contributed by atoms with Crippen LogP contribution in [0, 0.1) is 0 Å². The van der Waals surface area contributed by atoms with Crippen LogP contribution in [0.4, 0.5) is 11.6 Å². The Morgan fingerprint density at radius 1 is 1.24 bits per heavy atom. The molecule has 0 aliphatic heterocycles. The van der Waals surface area contributed by atoms with Gasteiger partial charge in [-0.15, -0.1) is 10.2 Å². The Balaban J connectivity index is 2.20. The molecule has 0 bridgehead atoms. The van der Waals surface area contributed by atoms with Crippen LogP contribution in [-0.4, -0.2) is 33.1 Å². The van der Waals surface area contributed by atoms with Crippen molar-refractivity contribution in [3.63, 3.8) is 0 Å². The predicted octanol–water partition coefficient (Wildman–Crippen LogP) is -0.355. The monoisotopic (exact) mass is 234 g/mol. The van der Waals surface area contributed by atoms with E-state index in [1.807, 2.05) is 24.3 Å². The fraction of sp³-hybridized carbons (Fsp3) is 0.200. The summed E-state index contributed by atoms with van der Waals surface area (Å²) in [6, 6.07) is 7.45. The van der Waals surface area contributed by atoms with Crippen molar-refractivity contribution in [1.29, 1.82) is 0 Å². The van der Waals surface area contributed by atoms with Crippen molar-refractivity contribution in [1.82, 2.24) is 14.9 Å². The van der Waals surface area contributed by atoms with Crippen molar-refractivity contribution in [2.75, 3.05) is 30.0 Å². The summed E-state index contributed by atoms with van der Waals surface area (Å²) < 4.78 is 1.23. The molecule has 1 heterocycles. The van der Waals surface area contributed by atoms with Gasteiger partial charge in [-0.1, -0.05) is 0 Å². The molecule has 1 aromatic carbocycles. The van der Waals surface area contributed by atoms with Crippen molar-refractivity contribution in [2.24, 2.45) is 0 Å². The number of aliphatic hydroxyl groups excluding tert-OH is 1. The number of rotatable bonds is 4. The largest absolute Gasteiger partial charge is 0.395 e. The number of aliphatic hydroxyl groups is 1. The molecule has 0 saturated carbocycles. The Kier molecular flexibility index (Phi) is 3.10. The van der Waals surface area contributed by atoms with Crippen LogP contribution in [0.25, 0.3) is 11.4 Å². The number of nitrogen functional groups attached to an aromatic ring is 2. The molecule has 2 aromatic rings. The van der Waals surface area contributed by atoms with E-state index in [0.717, 1.165) is 11.3 Å². The molecular weight excluding hydrogens is 220 g/mol. The summed E-state index contributed by atoms with van der Waals surface area (Å²) in [7, 11) is 0. The molecule has 7 nitrogen and oxygen atoms in total. The molecule has 0 radical (unpaired) electrons. The summed E-state index contributed by atoms with van der Waals surface area (Å²) in [4.78, 5) is 0. The standard InChI is InChI=1S/C10H14N6O/c11-10-15-14-9(16(10)12)7-1-3-8(4-2-7)13-5-6-17/h1-4,13,17H,5-6,12H2,(H2,11,15). The Hall–Kier alpha value is -2.28. The summed E-state index contributed by atoms with van der Waals surface area (Å²) in [5, 5.41) is 19.3. The first-order valence-corrected chi connectivity index (χ1v) is 5.13. The third kappa shape index (κ3) is 2.28. The summed E-state index contributed by atoms with van der Waals surface area (Å²) in [6.07, 6.45) is 0. The van der Waals surface area contributed by atoms with Crippen LogP contribution >= 0.6 is 0 Å². The number of nitrogens with zero attached hydrogens (tertiary/aromatic N) is 3. The zero-order chi connectivity index (χ0) is 12.3. The highest BCUT2D eigenvalue weighted by molar-refractivity contribution is 5.61. The third-order valence-electron chi connectivity index (χ3n) is 2.31. The molecule has 0 amide bonds. The van der Waals surface area contributed by atoms with E-state index in [2.05, 4.69) is 15.5 Å². The van der Waals surface area contributed by atoms with E-state index in [1.54, 1.807) is 0 Å². The lowest BCUT2D eigenvalue weighted by Gasteiger charge is -2.05. The molecule has 0 fully saturated rings. The lowest BCUT2D eigenvalue weighted by Crippen LogP contribution is -2.13. The van der Waals surface area contributed by atoms with E-state index >= 15 is 0 Å². The topological polar surface area (TPSA) is 115 Å². The molecular formula is C10H14N6O. The van der Waals surface area contributed by atoms with Crippen molar-refractivity contribution < 1.29 is 5.11 Å². The first-order valence-electron chi connectivity index (χ1n) is 5.13. The van der Waals surface area contributed by atoms with Gasteiger partial charge in [-0.3, -0.25) is 0 Å². The smallest absolute Gasteiger partial charge is 0.241 e. The number of nitrogens with two attached hydrogens (primary N) is 2. The molecule has 0 unspecified atom stereocenters. The van der Waals surface area contributed by atoms with Gasteiger partial charge in [0.15, 0.2) is 5.82 Å². The van der Waals surface area contributed by atoms with Gasteiger partial charge in [-0.05, 0) is 24.3 Å². The van der Waals surface area contributed by atoms with Crippen LogP contribution in [0.2, 0.25) is 0 Å². The first-order chi connectivity index (χ1) is 8.22. The van der Waals surface area contributed by atoms with Gasteiger partial charge in [0.05, 0.1) is 6.61 Å². The zero-order valence-corrected chi connectivity index (χ0v) is 9.17. The van der Waals surface area contributed by atoms with Crippen LogP contribution < -0.4 is 16.9 Å². The highest BCUT2D eigenvalue weighted by Crippen LogP contribution is 2.19. The Labute approximate surface area is 98.0 Å². The molecule has 2 rings (SSSR count). The lowest BCUT2D eigenvalue weighted by atomic mass is 10.2. The average molecular weight is 234 g/mol. The van der Waals surface area contributed by atoms with Gasteiger partial charge in [-0.25, -0.2) is 4.68 Å². The second-order valence-corrected chi connectivity index (χ2v) is 3.48. The van der Waals surface area contributed by atoms with E-state index in [0.29, 0.717) is 12.4 Å². The maximum absolute atomic E-state index is 8.68. The van der Waals surface area contributed by atoms with Crippen LogP contribution in [0.15, 0.2) is 24.3 Å². The number of benzene rings is 1. The van der Waals surface area contributed by atoms with Crippen molar-refractivity contribution in [2.45, 2.75) is 0 Å². The summed E-state index contributed by atoms with van der Waals surface area (Å²) in [5.74, 6) is 6.35. The molecule has 0 spiro atoms. The van der Waals surface area contributed by atoms with Gasteiger partial charge in [0.1, 0.15) is 0 Å². The normalized spacial score (nSPS) is 10.4. The highest BCUT2D eigenvalue weighted by atomic mass is 16.3. The molecule has 17 heavy (non-hydrogen) atoms. The predicted molar refractivity (Wildman–Crippen MR) is 65.6 cm³/mol. The van der Waals surface area contributed by atoms with Gasteiger partial charge in [0.2, 0.25) is 5.95 Å². The molecule has 7 heteroatoms. The molecule has 0 aliphatic carbocycles. The van der Waals surface area contributed by atoms with Crippen molar-refractivity contribution in [3.05, 3.63) is 24.3 Å². The number of hydrogen-bond acceptors (Lipinski definition) is 6. The SMILES string of the molecule is Nc1nnc(-c2ccc(NCCO)cc2)n1N. The molecule has 0 atom stereocenters. The minimum Gasteiger partial charge on any atom is -0.395 e. The number of hydrogen-bond donors (Lipinski definition) is 4.